The minimum absolute atomic E-state index is 0.0982. The van der Waals surface area contributed by atoms with E-state index in [1.54, 1.807) is 0 Å². The molecule has 0 aromatic carbocycles. The number of carboxylic acid groups (broad SMARTS) is 1. The molecule has 102 valence electrons. The van der Waals surface area contributed by atoms with Crippen LogP contribution in [0.3, 0.4) is 0 Å². The first-order valence-corrected chi connectivity index (χ1v) is 7.74. The number of hydrogen-bond donors (Lipinski definition) is 0. The third kappa shape index (κ3) is 15.6. The fraction of sp³-hybridized carbons (Fsp3) is 0.500. The quantitative estimate of drug-likeness (QED) is 0.422. The molecule has 0 bridgehead atoms. The molecule has 0 aliphatic carbocycles. The van der Waals surface area contributed by atoms with Gasteiger partial charge in [0.25, 0.3) is 0 Å². The first-order chi connectivity index (χ1) is 8.63. The summed E-state index contributed by atoms with van der Waals surface area (Å²) in [5, 5.41) is 10.1. The summed E-state index contributed by atoms with van der Waals surface area (Å²) in [4.78, 5) is 10.1. The van der Waals surface area contributed by atoms with Gasteiger partial charge in [-0.15, -0.1) is 0 Å². The predicted molar refractivity (Wildman–Crippen MR) is 81.5 cm³/mol. The number of carbonyl (C=O) groups excluding carboxylic acids is 1. The van der Waals surface area contributed by atoms with Crippen LogP contribution in [0, 0.1) is 0 Å². The summed E-state index contributed by atoms with van der Waals surface area (Å²) in [7, 11) is 0. The minimum atomic E-state index is -0.993. The van der Waals surface area contributed by atoms with Gasteiger partial charge in [0.1, 0.15) is 0 Å². The third-order valence-corrected chi connectivity index (χ3v) is 2.92. The molecule has 0 saturated carbocycles. The Morgan fingerprint density at radius 1 is 0.944 bits per heavy atom. The molecule has 4 heteroatoms. The van der Waals surface area contributed by atoms with E-state index in [-0.39, 0.29) is 6.42 Å². The van der Waals surface area contributed by atoms with Gasteiger partial charge in [0, 0.05) is 5.97 Å². The van der Waals surface area contributed by atoms with Crippen molar-refractivity contribution in [1.29, 1.82) is 0 Å². The molecule has 0 fully saturated rings. The summed E-state index contributed by atoms with van der Waals surface area (Å²) >= 11 is 6.65. The molecule has 0 aliphatic rings. The highest BCUT2D eigenvalue weighted by molar-refractivity contribution is 9.28. The van der Waals surface area contributed by atoms with Crippen molar-refractivity contribution in [3.05, 3.63) is 33.8 Å². The van der Waals surface area contributed by atoms with E-state index in [1.165, 1.54) is 19.3 Å². The Kier molecular flexibility index (Phi) is 12.8. The largest absolute Gasteiger partial charge is 0.550 e. The van der Waals surface area contributed by atoms with Crippen LogP contribution in [0.15, 0.2) is 33.8 Å². The van der Waals surface area contributed by atoms with Crippen LogP contribution in [0.4, 0.5) is 0 Å². The van der Waals surface area contributed by atoms with E-state index in [4.69, 9.17) is 0 Å². The summed E-state index contributed by atoms with van der Waals surface area (Å²) in [6, 6.07) is 0. The van der Waals surface area contributed by atoms with Gasteiger partial charge >= 0.3 is 0 Å². The van der Waals surface area contributed by atoms with Gasteiger partial charge in [-0.2, -0.15) is 0 Å². The van der Waals surface area contributed by atoms with Crippen molar-refractivity contribution in [2.24, 2.45) is 0 Å². The van der Waals surface area contributed by atoms with Crippen LogP contribution >= 0.6 is 31.9 Å². The number of carboxylic acids is 1. The molecule has 0 saturated heterocycles. The van der Waals surface area contributed by atoms with E-state index in [9.17, 15) is 9.90 Å². The van der Waals surface area contributed by atoms with Gasteiger partial charge < -0.3 is 9.90 Å². The number of aliphatic carboxylic acids is 1. The summed E-state index contributed by atoms with van der Waals surface area (Å²) in [5.74, 6) is -0.993. The Bertz CT molecular complexity index is 303. The normalized spacial score (nSPS) is 11.2. The van der Waals surface area contributed by atoms with Gasteiger partial charge in [0.2, 0.25) is 0 Å². The number of allylic oxidation sites excluding steroid dienone is 5. The highest BCUT2D eigenvalue weighted by atomic mass is 79.9. The van der Waals surface area contributed by atoms with E-state index >= 15 is 0 Å². The van der Waals surface area contributed by atoms with Crippen LogP contribution in [0.1, 0.15) is 44.9 Å². The lowest BCUT2D eigenvalue weighted by molar-refractivity contribution is -0.305. The van der Waals surface area contributed by atoms with Crippen LogP contribution in [0.25, 0.3) is 0 Å². The standard InChI is InChI=1S/C14H20Br2O2/c15-13(16)11-9-7-5-3-1-2-4-6-8-10-12-14(17)18/h2,4,6,8,11H,1,3,5,7,9-10,12H2,(H,17,18)/p-1/b4-2+,8-6+. The third-order valence-electron chi connectivity index (χ3n) is 2.27. The van der Waals surface area contributed by atoms with Gasteiger partial charge in [0.15, 0.2) is 0 Å². The van der Waals surface area contributed by atoms with Crippen LogP contribution in [-0.2, 0) is 4.79 Å². The van der Waals surface area contributed by atoms with Gasteiger partial charge in [0.05, 0.1) is 3.39 Å². The second kappa shape index (κ2) is 13.1. The van der Waals surface area contributed by atoms with Crippen molar-refractivity contribution >= 4 is 37.8 Å². The lowest BCUT2D eigenvalue weighted by atomic mass is 10.1. The Morgan fingerprint density at radius 3 is 2.17 bits per heavy atom. The van der Waals surface area contributed by atoms with Gasteiger partial charge in [-0.05, 0) is 70.4 Å². The van der Waals surface area contributed by atoms with Crippen molar-refractivity contribution in [2.45, 2.75) is 44.9 Å². The molecule has 0 aromatic rings. The molecule has 0 atom stereocenters. The molecule has 0 rings (SSSR count). The molecule has 0 spiro atoms. The molecule has 2 nitrogen and oxygen atoms in total. The predicted octanol–water partition coefficient (Wildman–Crippen LogP) is 4.21. The second-order valence-electron chi connectivity index (χ2n) is 3.90. The van der Waals surface area contributed by atoms with Crippen molar-refractivity contribution in [2.75, 3.05) is 0 Å². The Morgan fingerprint density at radius 2 is 1.56 bits per heavy atom. The second-order valence-corrected chi connectivity index (χ2v) is 6.67. The van der Waals surface area contributed by atoms with Gasteiger partial charge in [-0.25, -0.2) is 0 Å². The van der Waals surface area contributed by atoms with Crippen molar-refractivity contribution in [1.82, 2.24) is 0 Å². The van der Waals surface area contributed by atoms with E-state index < -0.39 is 5.97 Å². The zero-order valence-electron chi connectivity index (χ0n) is 10.4. The lowest BCUT2D eigenvalue weighted by Crippen LogP contribution is -2.21. The summed E-state index contributed by atoms with van der Waals surface area (Å²) in [5.41, 5.74) is 0. The van der Waals surface area contributed by atoms with Crippen molar-refractivity contribution < 1.29 is 9.90 Å². The Labute approximate surface area is 126 Å². The SMILES string of the molecule is O=C([O-])CC/C=C/C=C/CCCCCC=C(Br)Br. The van der Waals surface area contributed by atoms with Crippen LogP contribution in [-0.4, -0.2) is 5.97 Å². The number of rotatable bonds is 10. The average Bonchev–Trinajstić information content (AvgIpc) is 2.29. The summed E-state index contributed by atoms with van der Waals surface area (Å²) in [6.07, 6.45) is 16.4. The maximum absolute atomic E-state index is 10.1. The van der Waals surface area contributed by atoms with Crippen LogP contribution in [0.5, 0.6) is 0 Å². The highest BCUT2D eigenvalue weighted by Crippen LogP contribution is 2.15. The number of halogens is 2. The summed E-state index contributed by atoms with van der Waals surface area (Å²) in [6.45, 7) is 0. The zero-order valence-corrected chi connectivity index (χ0v) is 13.6. The van der Waals surface area contributed by atoms with E-state index in [2.05, 4.69) is 44.0 Å². The van der Waals surface area contributed by atoms with Crippen LogP contribution < -0.4 is 5.11 Å². The Hall–Kier alpha value is -0.350. The summed E-state index contributed by atoms with van der Waals surface area (Å²) < 4.78 is 1.02. The maximum atomic E-state index is 10.1. The molecular weight excluding hydrogens is 360 g/mol. The fourth-order valence-electron chi connectivity index (χ4n) is 1.35. The Balaban J connectivity index is 3.33. The average molecular weight is 379 g/mol. The molecule has 0 amide bonds. The van der Waals surface area contributed by atoms with Gasteiger partial charge in [-0.3, -0.25) is 0 Å². The minimum Gasteiger partial charge on any atom is -0.550 e. The number of unbranched alkanes of at least 4 members (excludes halogenated alkanes) is 4. The topological polar surface area (TPSA) is 40.1 Å². The maximum Gasteiger partial charge on any atom is 0.0564 e. The molecule has 0 unspecified atom stereocenters. The molecular formula is C14H19Br2O2-. The van der Waals surface area contributed by atoms with E-state index in [0.29, 0.717) is 6.42 Å². The van der Waals surface area contributed by atoms with Crippen molar-refractivity contribution in [3.8, 4) is 0 Å². The first-order valence-electron chi connectivity index (χ1n) is 6.15. The van der Waals surface area contributed by atoms with E-state index in [1.807, 2.05) is 18.2 Å². The number of hydrogen-bond acceptors (Lipinski definition) is 2. The first kappa shape index (κ1) is 17.6. The molecule has 0 radical (unpaired) electrons. The molecule has 0 aromatic heterocycles. The molecule has 0 heterocycles. The van der Waals surface area contributed by atoms with E-state index in [0.717, 1.165) is 16.2 Å². The highest BCUT2D eigenvalue weighted by Gasteiger charge is 1.87. The van der Waals surface area contributed by atoms with Crippen molar-refractivity contribution in [3.63, 3.8) is 0 Å². The molecule has 0 N–H and O–H groups in total. The molecule has 0 aliphatic heterocycles. The molecule has 18 heavy (non-hydrogen) atoms. The van der Waals surface area contributed by atoms with Crippen LogP contribution in [0.2, 0.25) is 0 Å². The lowest BCUT2D eigenvalue weighted by Gasteiger charge is -1.95. The number of carbonyl (C=O) groups is 1. The van der Waals surface area contributed by atoms with Gasteiger partial charge in [-0.1, -0.05) is 36.8 Å². The zero-order chi connectivity index (χ0) is 13.6. The smallest absolute Gasteiger partial charge is 0.0564 e. The fourth-order valence-corrected chi connectivity index (χ4v) is 1.80. The monoisotopic (exact) mass is 377 g/mol.